The van der Waals surface area contributed by atoms with Gasteiger partial charge in [0.1, 0.15) is 18.1 Å². The van der Waals surface area contributed by atoms with Crippen LogP contribution in [0.4, 0.5) is 5.69 Å². The second kappa shape index (κ2) is 10.4. The zero-order valence-corrected chi connectivity index (χ0v) is 16.4. The Morgan fingerprint density at radius 1 is 0.900 bits per heavy atom. The van der Waals surface area contributed by atoms with E-state index in [1.54, 1.807) is 55.6 Å². The van der Waals surface area contributed by atoms with Gasteiger partial charge in [0.25, 0.3) is 0 Å². The van der Waals surface area contributed by atoms with E-state index in [9.17, 15) is 9.59 Å². The minimum absolute atomic E-state index is 0.445. The van der Waals surface area contributed by atoms with Crippen molar-refractivity contribution in [3.05, 3.63) is 90.0 Å². The van der Waals surface area contributed by atoms with Gasteiger partial charge in [-0.1, -0.05) is 42.5 Å². The summed E-state index contributed by atoms with van der Waals surface area (Å²) in [5.41, 5.74) is 4.44. The van der Waals surface area contributed by atoms with Crippen LogP contribution in [0.15, 0.2) is 84.0 Å². The smallest absolute Gasteiger partial charge is 0.329 e. The molecule has 0 bridgehead atoms. The van der Waals surface area contributed by atoms with Crippen LogP contribution in [-0.2, 0) is 16.2 Å². The summed E-state index contributed by atoms with van der Waals surface area (Å²) in [4.78, 5) is 23.9. The Labute approximate surface area is 174 Å². The molecule has 3 rings (SSSR count). The summed E-state index contributed by atoms with van der Waals surface area (Å²) in [5.74, 6) is -0.377. The van der Waals surface area contributed by atoms with Crippen LogP contribution >= 0.6 is 0 Å². The van der Waals surface area contributed by atoms with Crippen molar-refractivity contribution in [1.29, 1.82) is 0 Å². The van der Waals surface area contributed by atoms with Crippen molar-refractivity contribution < 1.29 is 19.1 Å². The summed E-state index contributed by atoms with van der Waals surface area (Å²) in [5, 5.41) is 6.30. The lowest BCUT2D eigenvalue weighted by Gasteiger charge is -2.08. The third kappa shape index (κ3) is 6.20. The second-order valence-electron chi connectivity index (χ2n) is 6.23. The largest absolute Gasteiger partial charge is 0.497 e. The zero-order chi connectivity index (χ0) is 21.2. The van der Waals surface area contributed by atoms with Crippen LogP contribution in [0.25, 0.3) is 0 Å². The van der Waals surface area contributed by atoms with Gasteiger partial charge in [-0.25, -0.2) is 5.43 Å². The Morgan fingerprint density at radius 2 is 1.67 bits per heavy atom. The number of benzene rings is 3. The standard InChI is InChI=1S/C23H21N3O4/c1-29-21-9-5-8-18(14-21)15-24-26-23(28)22(27)25-19-10-12-20(13-11-19)30-16-17-6-3-2-4-7-17/h2-15H,16H2,1H3,(H,25,27)(H,26,28)/b24-15-. The molecule has 0 aliphatic carbocycles. The van der Waals surface area contributed by atoms with E-state index < -0.39 is 11.8 Å². The third-order valence-electron chi connectivity index (χ3n) is 4.04. The molecule has 2 amide bonds. The molecule has 0 unspecified atom stereocenters. The molecule has 0 atom stereocenters. The quantitative estimate of drug-likeness (QED) is 0.360. The number of anilines is 1. The van der Waals surface area contributed by atoms with Crippen LogP contribution in [0.1, 0.15) is 11.1 Å². The average Bonchev–Trinajstić information content (AvgIpc) is 2.79. The van der Waals surface area contributed by atoms with E-state index in [1.807, 2.05) is 30.3 Å². The van der Waals surface area contributed by atoms with Crippen molar-refractivity contribution in [2.45, 2.75) is 6.61 Å². The van der Waals surface area contributed by atoms with E-state index in [0.29, 0.717) is 23.8 Å². The highest BCUT2D eigenvalue weighted by atomic mass is 16.5. The first-order valence-corrected chi connectivity index (χ1v) is 9.19. The van der Waals surface area contributed by atoms with Gasteiger partial charge < -0.3 is 14.8 Å². The number of hydrogen-bond acceptors (Lipinski definition) is 5. The highest BCUT2D eigenvalue weighted by Crippen LogP contribution is 2.17. The molecule has 0 aliphatic heterocycles. The van der Waals surface area contributed by atoms with Crippen molar-refractivity contribution in [1.82, 2.24) is 5.43 Å². The Hall–Kier alpha value is -4.13. The number of amides is 2. The zero-order valence-electron chi connectivity index (χ0n) is 16.4. The van der Waals surface area contributed by atoms with E-state index in [4.69, 9.17) is 9.47 Å². The monoisotopic (exact) mass is 403 g/mol. The third-order valence-corrected chi connectivity index (χ3v) is 4.04. The van der Waals surface area contributed by atoms with Crippen LogP contribution < -0.4 is 20.2 Å². The van der Waals surface area contributed by atoms with Gasteiger partial charge in [0.15, 0.2) is 0 Å². The maximum Gasteiger partial charge on any atom is 0.329 e. The summed E-state index contributed by atoms with van der Waals surface area (Å²) >= 11 is 0. The first-order valence-electron chi connectivity index (χ1n) is 9.19. The average molecular weight is 403 g/mol. The van der Waals surface area contributed by atoms with Gasteiger partial charge in [-0.05, 0) is 47.5 Å². The molecular weight excluding hydrogens is 382 g/mol. The van der Waals surface area contributed by atoms with E-state index in [0.717, 1.165) is 11.1 Å². The van der Waals surface area contributed by atoms with E-state index in [-0.39, 0.29) is 0 Å². The molecule has 0 spiro atoms. The van der Waals surface area contributed by atoms with E-state index in [2.05, 4.69) is 15.8 Å². The first kappa shape index (κ1) is 20.6. The molecule has 7 heteroatoms. The lowest BCUT2D eigenvalue weighted by atomic mass is 10.2. The highest BCUT2D eigenvalue weighted by molar-refractivity contribution is 6.39. The minimum atomic E-state index is -0.876. The number of carbonyl (C=O) groups is 2. The number of nitrogens with one attached hydrogen (secondary N) is 2. The second-order valence-corrected chi connectivity index (χ2v) is 6.23. The summed E-state index contributed by atoms with van der Waals surface area (Å²) in [6, 6.07) is 23.7. The normalized spacial score (nSPS) is 10.4. The van der Waals surface area contributed by atoms with Crippen molar-refractivity contribution in [2.24, 2.45) is 5.10 Å². The molecule has 0 fully saturated rings. The van der Waals surface area contributed by atoms with Gasteiger partial charge in [0, 0.05) is 5.69 Å². The Balaban J connectivity index is 1.47. The van der Waals surface area contributed by atoms with E-state index in [1.165, 1.54) is 6.21 Å². The van der Waals surface area contributed by atoms with Gasteiger partial charge in [-0.15, -0.1) is 0 Å². The van der Waals surface area contributed by atoms with Crippen LogP contribution in [0.5, 0.6) is 11.5 Å². The molecule has 0 aliphatic rings. The topological polar surface area (TPSA) is 89.0 Å². The number of hydrazone groups is 1. The van der Waals surface area contributed by atoms with Crippen molar-refractivity contribution in [3.8, 4) is 11.5 Å². The minimum Gasteiger partial charge on any atom is -0.497 e. The number of hydrogen-bond donors (Lipinski definition) is 2. The molecule has 3 aromatic rings. The van der Waals surface area contributed by atoms with Crippen molar-refractivity contribution in [2.75, 3.05) is 12.4 Å². The molecule has 30 heavy (non-hydrogen) atoms. The number of methoxy groups -OCH3 is 1. The fourth-order valence-electron chi connectivity index (χ4n) is 2.50. The van der Waals surface area contributed by atoms with Crippen molar-refractivity contribution >= 4 is 23.7 Å². The number of carbonyl (C=O) groups excluding carboxylic acids is 2. The molecule has 152 valence electrons. The van der Waals surface area contributed by atoms with Crippen LogP contribution in [0, 0.1) is 0 Å². The van der Waals surface area contributed by atoms with Crippen molar-refractivity contribution in [3.63, 3.8) is 0 Å². The molecule has 0 saturated carbocycles. The molecule has 7 nitrogen and oxygen atoms in total. The fourth-order valence-corrected chi connectivity index (χ4v) is 2.50. The maximum atomic E-state index is 12.0. The first-order chi connectivity index (χ1) is 14.6. The summed E-state index contributed by atoms with van der Waals surface area (Å²) < 4.78 is 10.8. The molecule has 0 aromatic heterocycles. The maximum absolute atomic E-state index is 12.0. The van der Waals surface area contributed by atoms with Crippen LogP contribution in [0.2, 0.25) is 0 Å². The highest BCUT2D eigenvalue weighted by Gasteiger charge is 2.12. The summed E-state index contributed by atoms with van der Waals surface area (Å²) in [6.07, 6.45) is 1.42. The van der Waals surface area contributed by atoms with Gasteiger partial charge in [0.05, 0.1) is 13.3 Å². The summed E-state index contributed by atoms with van der Waals surface area (Å²) in [6.45, 7) is 0.445. The van der Waals surface area contributed by atoms with Crippen LogP contribution in [0.3, 0.4) is 0 Å². The number of rotatable bonds is 7. The molecule has 0 saturated heterocycles. The molecule has 3 aromatic carbocycles. The molecule has 0 radical (unpaired) electrons. The summed E-state index contributed by atoms with van der Waals surface area (Å²) in [7, 11) is 1.56. The van der Waals surface area contributed by atoms with E-state index >= 15 is 0 Å². The SMILES string of the molecule is COc1cccc(/C=N\NC(=O)C(=O)Nc2ccc(OCc3ccccc3)cc2)c1. The Bertz CT molecular complexity index is 1020. The molecular formula is C23H21N3O4. The number of nitrogens with zero attached hydrogens (tertiary/aromatic N) is 1. The molecule has 0 heterocycles. The van der Waals surface area contributed by atoms with Gasteiger partial charge in [-0.3, -0.25) is 9.59 Å². The fraction of sp³-hybridized carbons (Fsp3) is 0.0870. The van der Waals surface area contributed by atoms with Gasteiger partial charge >= 0.3 is 11.8 Å². The lowest BCUT2D eigenvalue weighted by molar-refractivity contribution is -0.136. The lowest BCUT2D eigenvalue weighted by Crippen LogP contribution is -2.32. The van der Waals surface area contributed by atoms with Crippen LogP contribution in [-0.4, -0.2) is 25.1 Å². The number of ether oxygens (including phenoxy) is 2. The van der Waals surface area contributed by atoms with Gasteiger partial charge in [-0.2, -0.15) is 5.10 Å². The van der Waals surface area contributed by atoms with Gasteiger partial charge in [0.2, 0.25) is 0 Å². The predicted octanol–water partition coefficient (Wildman–Crippen LogP) is 3.36. The predicted molar refractivity (Wildman–Crippen MR) is 115 cm³/mol. The Morgan fingerprint density at radius 3 is 2.40 bits per heavy atom. The molecule has 2 N–H and O–H groups in total. The Kier molecular flexibility index (Phi) is 7.16.